The lowest BCUT2D eigenvalue weighted by Gasteiger charge is -2.17. The number of aliphatic hydroxyl groups is 2. The van der Waals surface area contributed by atoms with Crippen molar-refractivity contribution in [3.63, 3.8) is 0 Å². The van der Waals surface area contributed by atoms with Gasteiger partial charge >= 0.3 is 0 Å². The third kappa shape index (κ3) is 4.02. The Kier molecular flexibility index (Phi) is 6.22. The fourth-order valence-electron chi connectivity index (χ4n) is 3.34. The Morgan fingerprint density at radius 2 is 2.23 bits per heavy atom. The van der Waals surface area contributed by atoms with Crippen LogP contribution in [0, 0.1) is 3.57 Å². The molecule has 0 saturated carbocycles. The first-order valence-corrected chi connectivity index (χ1v) is 10.3. The highest BCUT2D eigenvalue weighted by Gasteiger charge is 2.44. The maximum atomic E-state index is 10.6. The number of aromatic nitrogens is 4. The number of hydrogen-bond acceptors (Lipinski definition) is 8. The van der Waals surface area contributed by atoms with E-state index in [0.29, 0.717) is 23.5 Å². The van der Waals surface area contributed by atoms with E-state index in [-0.39, 0.29) is 5.28 Å². The molecule has 0 amide bonds. The number of benzene rings is 1. The van der Waals surface area contributed by atoms with Crippen LogP contribution in [0.2, 0.25) is 5.28 Å². The summed E-state index contributed by atoms with van der Waals surface area (Å²) in [4.78, 5) is 15.5. The first-order chi connectivity index (χ1) is 14.5. The van der Waals surface area contributed by atoms with Crippen LogP contribution in [-0.2, 0) is 11.3 Å². The van der Waals surface area contributed by atoms with Crippen molar-refractivity contribution in [3.8, 4) is 0 Å². The third-order valence-corrected chi connectivity index (χ3v) is 5.56. The number of rotatable bonds is 6. The lowest BCUT2D eigenvalue weighted by Crippen LogP contribution is -2.31. The summed E-state index contributed by atoms with van der Waals surface area (Å²) in [5, 5.41) is 26.8. The van der Waals surface area contributed by atoms with Crippen LogP contribution in [0.5, 0.6) is 0 Å². The largest absolute Gasteiger partial charge is 0.394 e. The Bertz CT molecular complexity index is 1120. The number of ether oxygens (including phenoxy) is 1. The number of fused-ring (bicyclic) bond motifs is 1. The molecule has 3 heterocycles. The van der Waals surface area contributed by atoms with E-state index in [1.54, 1.807) is 0 Å². The summed E-state index contributed by atoms with van der Waals surface area (Å²) < 4.78 is 8.30. The van der Waals surface area contributed by atoms with Crippen molar-refractivity contribution < 1.29 is 14.9 Å². The van der Waals surface area contributed by atoms with Crippen LogP contribution >= 0.6 is 34.2 Å². The number of nitrogens with one attached hydrogen (secondary N) is 1. The van der Waals surface area contributed by atoms with Crippen molar-refractivity contribution in [2.75, 3.05) is 11.9 Å². The first kappa shape index (κ1) is 21.0. The van der Waals surface area contributed by atoms with Gasteiger partial charge in [-0.25, -0.2) is 4.98 Å². The molecular formula is C17H16ClIN8O3. The van der Waals surface area contributed by atoms with E-state index < -0.39 is 31.1 Å². The zero-order chi connectivity index (χ0) is 21.3. The lowest BCUT2D eigenvalue weighted by molar-refractivity contribution is -0.0488. The van der Waals surface area contributed by atoms with Crippen LogP contribution in [0.1, 0.15) is 11.8 Å². The van der Waals surface area contributed by atoms with Gasteiger partial charge in [0.25, 0.3) is 0 Å². The molecule has 1 fully saturated rings. The van der Waals surface area contributed by atoms with E-state index in [9.17, 15) is 10.2 Å². The van der Waals surface area contributed by atoms with Gasteiger partial charge in [0.05, 0.1) is 25.1 Å². The van der Waals surface area contributed by atoms with E-state index in [2.05, 4.69) is 52.9 Å². The summed E-state index contributed by atoms with van der Waals surface area (Å²) in [7, 11) is 0. The Balaban J connectivity index is 1.66. The van der Waals surface area contributed by atoms with Crippen molar-refractivity contribution in [1.82, 2.24) is 19.5 Å². The van der Waals surface area contributed by atoms with Crippen LogP contribution < -0.4 is 5.32 Å². The van der Waals surface area contributed by atoms with Crippen LogP contribution in [0.3, 0.4) is 0 Å². The Morgan fingerprint density at radius 3 is 2.97 bits per heavy atom. The molecule has 4 rings (SSSR count). The second-order valence-electron chi connectivity index (χ2n) is 6.58. The van der Waals surface area contributed by atoms with Gasteiger partial charge in [0.15, 0.2) is 23.2 Å². The minimum atomic E-state index is -1.20. The molecule has 0 radical (unpaired) electrons. The number of imidazole rings is 1. The maximum absolute atomic E-state index is 10.6. The molecule has 0 spiro atoms. The maximum Gasteiger partial charge on any atom is 0.226 e. The average molecular weight is 543 g/mol. The van der Waals surface area contributed by atoms with Crippen molar-refractivity contribution in [2.45, 2.75) is 31.0 Å². The molecule has 1 saturated heterocycles. The molecule has 4 atom stereocenters. The number of halogens is 2. The zero-order valence-corrected chi connectivity index (χ0v) is 18.2. The number of hydrogen-bond donors (Lipinski definition) is 3. The smallest absolute Gasteiger partial charge is 0.226 e. The SMILES string of the molecule is [N-]=[N+]=N[C@H]1[C@@H](O)[C@H](n2cnc3c(NCc4cccc(I)c4)nc(Cl)nc32)O[C@@H]1CO. The molecular weight excluding hydrogens is 527 g/mol. The highest BCUT2D eigenvalue weighted by atomic mass is 127. The van der Waals surface area contributed by atoms with E-state index in [4.69, 9.17) is 21.9 Å². The summed E-state index contributed by atoms with van der Waals surface area (Å²) >= 11 is 8.37. The Labute approximate surface area is 188 Å². The van der Waals surface area contributed by atoms with Gasteiger partial charge in [0, 0.05) is 15.0 Å². The molecule has 0 unspecified atom stereocenters. The van der Waals surface area contributed by atoms with Crippen molar-refractivity contribution in [1.29, 1.82) is 0 Å². The second kappa shape index (κ2) is 8.88. The van der Waals surface area contributed by atoms with Gasteiger partial charge in [-0.15, -0.1) is 0 Å². The van der Waals surface area contributed by atoms with Crippen LogP contribution in [0.4, 0.5) is 5.82 Å². The minimum absolute atomic E-state index is 0.00724. The summed E-state index contributed by atoms with van der Waals surface area (Å²) in [5.41, 5.74) is 10.6. The fourth-order valence-corrected chi connectivity index (χ4v) is 4.12. The lowest BCUT2D eigenvalue weighted by atomic mass is 10.1. The molecule has 11 nitrogen and oxygen atoms in total. The van der Waals surface area contributed by atoms with Crippen molar-refractivity contribution in [3.05, 3.63) is 55.5 Å². The summed E-state index contributed by atoms with van der Waals surface area (Å²) in [5.74, 6) is 0.431. The first-order valence-electron chi connectivity index (χ1n) is 8.88. The van der Waals surface area contributed by atoms with Crippen LogP contribution in [0.15, 0.2) is 35.7 Å². The normalized spacial score (nSPS) is 23.5. The Morgan fingerprint density at radius 1 is 1.40 bits per heavy atom. The Hall–Kier alpha value is -2.22. The molecule has 3 aromatic rings. The number of azide groups is 1. The third-order valence-electron chi connectivity index (χ3n) is 4.72. The van der Waals surface area contributed by atoms with E-state index in [1.807, 2.05) is 24.3 Å². The molecule has 0 bridgehead atoms. The summed E-state index contributed by atoms with van der Waals surface area (Å²) in [6, 6.07) is 7.05. The minimum Gasteiger partial charge on any atom is -0.394 e. The quantitative estimate of drug-likeness (QED) is 0.142. The van der Waals surface area contributed by atoms with Gasteiger partial charge < -0.3 is 20.3 Å². The fraction of sp³-hybridized carbons (Fsp3) is 0.353. The highest BCUT2D eigenvalue weighted by molar-refractivity contribution is 14.1. The van der Waals surface area contributed by atoms with Gasteiger partial charge in [0.1, 0.15) is 6.10 Å². The van der Waals surface area contributed by atoms with Crippen LogP contribution in [-0.4, -0.2) is 54.6 Å². The molecule has 1 aromatic carbocycles. The summed E-state index contributed by atoms with van der Waals surface area (Å²) in [6.07, 6.45) is -1.58. The van der Waals surface area contributed by atoms with E-state index >= 15 is 0 Å². The van der Waals surface area contributed by atoms with Crippen molar-refractivity contribution in [2.24, 2.45) is 5.11 Å². The molecule has 3 N–H and O–H groups in total. The standard InChI is InChI=1S/C17H16ClIN8O3/c18-17-23-14(21-5-8-2-1-3-9(19)4-8)12-15(24-17)27(7-22-12)16-13(29)11(25-26-20)10(6-28)30-16/h1-4,7,10-11,13,16,28-29H,5-6H2,(H,21,23,24)/t10-,11-,13-,16-/m1/s1. The van der Waals surface area contributed by atoms with Gasteiger partial charge in [-0.3, -0.25) is 4.57 Å². The van der Waals surface area contributed by atoms with Gasteiger partial charge in [-0.2, -0.15) is 9.97 Å². The number of nitrogens with zero attached hydrogens (tertiary/aromatic N) is 7. The predicted molar refractivity (Wildman–Crippen MR) is 117 cm³/mol. The molecule has 0 aliphatic carbocycles. The molecule has 30 heavy (non-hydrogen) atoms. The van der Waals surface area contributed by atoms with E-state index in [1.165, 1.54) is 10.9 Å². The van der Waals surface area contributed by atoms with Gasteiger partial charge in [0.2, 0.25) is 5.28 Å². The van der Waals surface area contributed by atoms with Crippen molar-refractivity contribution >= 4 is 51.2 Å². The molecule has 1 aliphatic heterocycles. The van der Waals surface area contributed by atoms with E-state index in [0.717, 1.165) is 9.13 Å². The monoisotopic (exact) mass is 542 g/mol. The number of aliphatic hydroxyl groups excluding tert-OH is 2. The second-order valence-corrected chi connectivity index (χ2v) is 8.17. The molecule has 2 aromatic heterocycles. The number of anilines is 1. The van der Waals surface area contributed by atoms with Gasteiger partial charge in [-0.1, -0.05) is 17.2 Å². The molecule has 13 heteroatoms. The molecule has 1 aliphatic rings. The summed E-state index contributed by atoms with van der Waals surface area (Å²) in [6.45, 7) is 0.0859. The topological polar surface area (TPSA) is 154 Å². The molecule has 156 valence electrons. The zero-order valence-electron chi connectivity index (χ0n) is 15.3. The predicted octanol–water partition coefficient (Wildman–Crippen LogP) is 2.63. The highest BCUT2D eigenvalue weighted by Crippen LogP contribution is 2.34. The van der Waals surface area contributed by atoms with Gasteiger partial charge in [-0.05, 0) is 57.4 Å². The van der Waals surface area contributed by atoms with Crippen LogP contribution in [0.25, 0.3) is 21.6 Å². The average Bonchev–Trinajstić information content (AvgIpc) is 3.27.